The van der Waals surface area contributed by atoms with Crippen molar-refractivity contribution in [3.8, 4) is 17.0 Å². The molecule has 1 aliphatic rings. The number of nitrogens with one attached hydrogen (secondary N) is 1. The summed E-state index contributed by atoms with van der Waals surface area (Å²) in [5, 5.41) is 13.1. The number of aromatic nitrogens is 1. The maximum Gasteiger partial charge on any atom is 0.338 e. The van der Waals surface area contributed by atoms with Gasteiger partial charge >= 0.3 is 5.97 Å². The molecule has 1 unspecified atom stereocenters. The average molecular weight is 411 g/mol. The molecule has 0 spiro atoms. The SMILES string of the molecule is O=C(O)c1c(C(=O)C(Cl)Oc2ccccc2)c(-c2ccccc2)n2c1CNCC2. The summed E-state index contributed by atoms with van der Waals surface area (Å²) in [4.78, 5) is 25.5. The molecule has 3 aromatic rings. The van der Waals surface area contributed by atoms with Crippen LogP contribution in [0.25, 0.3) is 11.3 Å². The Morgan fingerprint density at radius 1 is 1.03 bits per heavy atom. The van der Waals surface area contributed by atoms with Gasteiger partial charge in [0.2, 0.25) is 11.3 Å². The summed E-state index contributed by atoms with van der Waals surface area (Å²) in [6.45, 7) is 1.60. The molecule has 0 saturated heterocycles. The van der Waals surface area contributed by atoms with Crippen molar-refractivity contribution in [3.05, 3.63) is 77.5 Å². The van der Waals surface area contributed by atoms with Gasteiger partial charge in [-0.15, -0.1) is 0 Å². The van der Waals surface area contributed by atoms with Gasteiger partial charge in [0.15, 0.2) is 0 Å². The van der Waals surface area contributed by atoms with Crippen molar-refractivity contribution < 1.29 is 19.4 Å². The number of para-hydroxylation sites is 1. The third-order valence-corrected chi connectivity index (χ3v) is 5.16. The second kappa shape index (κ2) is 8.11. The number of carboxylic acid groups (broad SMARTS) is 1. The zero-order valence-electron chi connectivity index (χ0n) is 15.5. The Hall–Kier alpha value is -3.09. The molecule has 2 aromatic carbocycles. The fourth-order valence-electron chi connectivity index (χ4n) is 3.65. The van der Waals surface area contributed by atoms with Gasteiger partial charge in [0.25, 0.3) is 0 Å². The number of rotatable bonds is 6. The molecule has 2 heterocycles. The third kappa shape index (κ3) is 3.64. The van der Waals surface area contributed by atoms with Crippen molar-refractivity contribution in [2.24, 2.45) is 0 Å². The van der Waals surface area contributed by atoms with E-state index in [9.17, 15) is 14.7 Å². The molecule has 0 fully saturated rings. The molecule has 0 bridgehead atoms. The molecule has 0 radical (unpaired) electrons. The van der Waals surface area contributed by atoms with Gasteiger partial charge in [-0.25, -0.2) is 4.79 Å². The van der Waals surface area contributed by atoms with Crippen LogP contribution in [0.4, 0.5) is 0 Å². The number of fused-ring (bicyclic) bond motifs is 1. The van der Waals surface area contributed by atoms with Gasteiger partial charge in [-0.3, -0.25) is 4.79 Å². The first-order valence-corrected chi connectivity index (χ1v) is 9.66. The van der Waals surface area contributed by atoms with Gasteiger partial charge in [-0.1, -0.05) is 60.1 Å². The number of benzene rings is 2. The van der Waals surface area contributed by atoms with Crippen molar-refractivity contribution in [3.63, 3.8) is 0 Å². The van der Waals surface area contributed by atoms with E-state index in [1.165, 1.54) is 0 Å². The molecule has 148 valence electrons. The van der Waals surface area contributed by atoms with E-state index in [1.807, 2.05) is 41.0 Å². The summed E-state index contributed by atoms with van der Waals surface area (Å²) >= 11 is 6.31. The van der Waals surface area contributed by atoms with Crippen molar-refractivity contribution >= 4 is 23.4 Å². The zero-order chi connectivity index (χ0) is 20.4. The van der Waals surface area contributed by atoms with Crippen molar-refractivity contribution in [1.82, 2.24) is 9.88 Å². The Bertz CT molecular complexity index is 1050. The van der Waals surface area contributed by atoms with Gasteiger partial charge in [0.1, 0.15) is 5.75 Å². The zero-order valence-corrected chi connectivity index (χ0v) is 16.2. The average Bonchev–Trinajstić information content (AvgIpc) is 3.10. The lowest BCUT2D eigenvalue weighted by Crippen LogP contribution is -2.29. The molecule has 1 atom stereocenters. The van der Waals surface area contributed by atoms with E-state index in [1.54, 1.807) is 24.3 Å². The topological polar surface area (TPSA) is 80.6 Å². The predicted octanol–water partition coefficient (Wildman–Crippen LogP) is 3.78. The summed E-state index contributed by atoms with van der Waals surface area (Å²) in [7, 11) is 0. The number of carbonyl (C=O) groups is 2. The first-order valence-electron chi connectivity index (χ1n) is 9.22. The molecular weight excluding hydrogens is 392 g/mol. The number of hydrogen-bond donors (Lipinski definition) is 2. The van der Waals surface area contributed by atoms with E-state index in [4.69, 9.17) is 16.3 Å². The van der Waals surface area contributed by atoms with E-state index in [0.29, 0.717) is 36.8 Å². The summed E-state index contributed by atoms with van der Waals surface area (Å²) in [6.07, 6.45) is 0. The number of halogens is 1. The largest absolute Gasteiger partial charge is 0.478 e. The van der Waals surface area contributed by atoms with Crippen LogP contribution in [-0.2, 0) is 13.1 Å². The molecule has 1 aromatic heterocycles. The first-order chi connectivity index (χ1) is 14.1. The molecule has 0 amide bonds. The van der Waals surface area contributed by atoms with Gasteiger partial charge in [0, 0.05) is 25.3 Å². The standard InChI is InChI=1S/C22H19ClN2O4/c23-21(29-15-9-5-2-6-10-15)20(26)18-17(22(27)28)16-13-24-11-12-25(16)19(18)14-7-3-1-4-8-14/h1-10,21,24H,11-13H2,(H,27,28). The van der Waals surface area contributed by atoms with Crippen LogP contribution < -0.4 is 10.1 Å². The van der Waals surface area contributed by atoms with Crippen LogP contribution in [0.1, 0.15) is 26.4 Å². The molecule has 0 aliphatic carbocycles. The number of ether oxygens (including phenoxy) is 1. The van der Waals surface area contributed by atoms with Crippen LogP contribution in [0, 0.1) is 0 Å². The Labute approximate surface area is 172 Å². The fourth-order valence-corrected chi connectivity index (χ4v) is 3.86. The molecule has 6 nitrogen and oxygen atoms in total. The summed E-state index contributed by atoms with van der Waals surface area (Å²) in [5.41, 5.74) is 0.591. The Kier molecular flexibility index (Phi) is 5.38. The number of alkyl halides is 1. The van der Waals surface area contributed by atoms with Crippen molar-refractivity contribution in [1.29, 1.82) is 0 Å². The van der Waals surface area contributed by atoms with Crippen molar-refractivity contribution in [2.45, 2.75) is 18.7 Å². The van der Waals surface area contributed by atoms with Crippen LogP contribution in [0.15, 0.2) is 60.7 Å². The second-order valence-corrected chi connectivity index (χ2v) is 7.05. The third-order valence-electron chi connectivity index (χ3n) is 4.87. The quantitative estimate of drug-likeness (QED) is 0.477. The summed E-state index contributed by atoms with van der Waals surface area (Å²) in [6, 6.07) is 18.0. The van der Waals surface area contributed by atoms with Gasteiger partial charge in [-0.2, -0.15) is 0 Å². The lowest BCUT2D eigenvalue weighted by Gasteiger charge is -2.20. The van der Waals surface area contributed by atoms with Crippen LogP contribution in [0.5, 0.6) is 5.75 Å². The number of carbonyl (C=O) groups excluding carboxylic acids is 1. The minimum Gasteiger partial charge on any atom is -0.478 e. The Balaban J connectivity index is 1.85. The Morgan fingerprint density at radius 3 is 2.34 bits per heavy atom. The Morgan fingerprint density at radius 2 is 1.69 bits per heavy atom. The van der Waals surface area contributed by atoms with E-state index in [-0.39, 0.29) is 11.1 Å². The second-order valence-electron chi connectivity index (χ2n) is 6.66. The van der Waals surface area contributed by atoms with E-state index in [0.717, 1.165) is 5.56 Å². The lowest BCUT2D eigenvalue weighted by molar-refractivity contribution is 0.0688. The van der Waals surface area contributed by atoms with Gasteiger partial charge in [-0.05, 0) is 17.7 Å². The van der Waals surface area contributed by atoms with Crippen LogP contribution in [0.2, 0.25) is 0 Å². The number of carboxylic acids is 1. The number of aromatic carboxylic acids is 1. The minimum absolute atomic E-state index is 0.0247. The van der Waals surface area contributed by atoms with Crippen LogP contribution in [-0.4, -0.2) is 33.5 Å². The number of ketones is 1. The highest BCUT2D eigenvalue weighted by molar-refractivity contribution is 6.34. The van der Waals surface area contributed by atoms with E-state index < -0.39 is 17.3 Å². The maximum atomic E-state index is 13.3. The molecule has 4 rings (SSSR count). The first kappa shape index (κ1) is 19.2. The molecule has 7 heteroatoms. The lowest BCUT2D eigenvalue weighted by atomic mass is 10.00. The van der Waals surface area contributed by atoms with Gasteiger partial charge < -0.3 is 19.7 Å². The molecule has 0 saturated carbocycles. The molecule has 29 heavy (non-hydrogen) atoms. The highest BCUT2D eigenvalue weighted by Gasteiger charge is 2.35. The number of Topliss-reactive ketones (excluding diaryl/α,β-unsaturated/α-hetero) is 1. The number of nitrogens with zero attached hydrogens (tertiary/aromatic N) is 1. The van der Waals surface area contributed by atoms with E-state index in [2.05, 4.69) is 5.32 Å². The number of hydrogen-bond acceptors (Lipinski definition) is 4. The monoisotopic (exact) mass is 410 g/mol. The highest BCUT2D eigenvalue weighted by Crippen LogP contribution is 2.35. The fraction of sp³-hybridized carbons (Fsp3) is 0.182. The van der Waals surface area contributed by atoms with Crippen LogP contribution in [0.3, 0.4) is 0 Å². The van der Waals surface area contributed by atoms with E-state index >= 15 is 0 Å². The minimum atomic E-state index is -1.35. The summed E-state index contributed by atoms with van der Waals surface area (Å²) < 4.78 is 7.48. The highest BCUT2D eigenvalue weighted by atomic mass is 35.5. The summed E-state index contributed by atoms with van der Waals surface area (Å²) in [5.74, 6) is -1.30. The molecule has 1 aliphatic heterocycles. The molecular formula is C22H19ClN2O4. The molecule has 2 N–H and O–H groups in total. The maximum absolute atomic E-state index is 13.3. The van der Waals surface area contributed by atoms with Gasteiger partial charge in [0.05, 0.1) is 16.8 Å². The predicted molar refractivity (Wildman–Crippen MR) is 110 cm³/mol. The van der Waals surface area contributed by atoms with Crippen LogP contribution >= 0.6 is 11.6 Å². The normalized spacial score (nSPS) is 14.1. The smallest absolute Gasteiger partial charge is 0.338 e. The van der Waals surface area contributed by atoms with Crippen molar-refractivity contribution in [2.75, 3.05) is 6.54 Å².